The molecule has 34 heavy (non-hydrogen) atoms. The van der Waals surface area contributed by atoms with Gasteiger partial charge in [-0.25, -0.2) is 9.59 Å². The summed E-state index contributed by atoms with van der Waals surface area (Å²) in [6.07, 6.45) is -11.4. The number of carbonyl (C=O) groups is 3. The van der Waals surface area contributed by atoms with E-state index in [1.54, 1.807) is 0 Å². The highest BCUT2D eigenvalue weighted by Crippen LogP contribution is 2.42. The number of hydrogen-bond donors (Lipinski definition) is 3. The number of aryl methyl sites for hydroxylation is 1. The highest BCUT2D eigenvalue weighted by molar-refractivity contribution is 5.91. The summed E-state index contributed by atoms with van der Waals surface area (Å²) in [6, 6.07) is 1.81. The Bertz CT molecular complexity index is 920. The number of halogens is 6. The fraction of sp³-hybridized carbons (Fsp3) is 0.550. The van der Waals surface area contributed by atoms with Gasteiger partial charge >= 0.3 is 30.0 Å². The van der Waals surface area contributed by atoms with E-state index in [1.807, 2.05) is 5.32 Å². The zero-order chi connectivity index (χ0) is 26.5. The summed E-state index contributed by atoms with van der Waals surface area (Å²) >= 11 is 0. The third kappa shape index (κ3) is 5.54. The lowest BCUT2D eigenvalue weighted by atomic mass is 9.91. The fourth-order valence-corrected chi connectivity index (χ4v) is 2.79. The molecule has 1 amide bonds. The summed E-state index contributed by atoms with van der Waals surface area (Å²) in [5, 5.41) is 13.5. The van der Waals surface area contributed by atoms with Crippen LogP contribution in [0, 0.1) is 6.92 Å². The standard InChI is InChI=1S/C20H24F6N2O6/c1-5-14(29)28-18(20(24,25)26,16(31)34-7-3)27-13-9-8-12(10-11(13)4)17(32,19(21,22)23)15(30)33-6-2/h8-10,27,32H,5-7H2,1-4H3,(H,28,29)/t17-,18-/m1/s1. The van der Waals surface area contributed by atoms with Crippen LogP contribution in [0.3, 0.4) is 0 Å². The van der Waals surface area contributed by atoms with Crippen molar-refractivity contribution >= 4 is 23.5 Å². The van der Waals surface area contributed by atoms with Crippen LogP contribution < -0.4 is 10.6 Å². The topological polar surface area (TPSA) is 114 Å². The van der Waals surface area contributed by atoms with Crippen molar-refractivity contribution in [3.8, 4) is 0 Å². The Kier molecular flexibility index (Phi) is 8.95. The van der Waals surface area contributed by atoms with E-state index < -0.39 is 72.3 Å². The highest BCUT2D eigenvalue weighted by atomic mass is 19.4. The molecule has 0 aromatic heterocycles. The third-order valence-electron chi connectivity index (χ3n) is 4.60. The summed E-state index contributed by atoms with van der Waals surface area (Å²) in [7, 11) is 0. The first-order chi connectivity index (χ1) is 15.5. The van der Waals surface area contributed by atoms with Crippen LogP contribution in [0.15, 0.2) is 18.2 Å². The normalized spacial score (nSPS) is 15.5. The van der Waals surface area contributed by atoms with E-state index >= 15 is 0 Å². The Balaban J connectivity index is 3.65. The lowest BCUT2D eigenvalue weighted by molar-refractivity contribution is -0.267. The Morgan fingerprint density at radius 1 is 0.912 bits per heavy atom. The molecule has 3 N–H and O–H groups in total. The quantitative estimate of drug-likeness (QED) is 0.270. The van der Waals surface area contributed by atoms with E-state index in [2.05, 4.69) is 9.47 Å². The summed E-state index contributed by atoms with van der Waals surface area (Å²) in [4.78, 5) is 36.1. The predicted molar refractivity (Wildman–Crippen MR) is 105 cm³/mol. The first-order valence-corrected chi connectivity index (χ1v) is 9.92. The molecule has 0 aliphatic rings. The van der Waals surface area contributed by atoms with Crippen molar-refractivity contribution in [1.82, 2.24) is 5.32 Å². The first-order valence-electron chi connectivity index (χ1n) is 9.92. The number of carbonyl (C=O) groups excluding carboxylic acids is 3. The number of anilines is 1. The van der Waals surface area contributed by atoms with Gasteiger partial charge in [0.25, 0.3) is 5.60 Å². The minimum Gasteiger partial charge on any atom is -0.463 e. The van der Waals surface area contributed by atoms with Crippen molar-refractivity contribution in [1.29, 1.82) is 0 Å². The molecule has 1 aromatic carbocycles. The van der Waals surface area contributed by atoms with Crippen molar-refractivity contribution in [2.24, 2.45) is 0 Å². The smallest absolute Gasteiger partial charge is 0.441 e. The minimum atomic E-state index is -5.53. The molecule has 0 heterocycles. The zero-order valence-corrected chi connectivity index (χ0v) is 18.6. The van der Waals surface area contributed by atoms with Gasteiger partial charge in [-0.15, -0.1) is 0 Å². The molecule has 0 aliphatic carbocycles. The molecular weight excluding hydrogens is 478 g/mol. The maximum atomic E-state index is 14.1. The number of esters is 2. The van der Waals surface area contributed by atoms with Gasteiger partial charge < -0.3 is 25.2 Å². The van der Waals surface area contributed by atoms with Crippen molar-refractivity contribution in [2.45, 2.75) is 57.7 Å². The molecule has 0 spiro atoms. The molecule has 1 rings (SSSR count). The van der Waals surface area contributed by atoms with Crippen LogP contribution in [0.4, 0.5) is 32.0 Å². The Morgan fingerprint density at radius 3 is 1.85 bits per heavy atom. The van der Waals surface area contributed by atoms with Crippen molar-refractivity contribution in [3.63, 3.8) is 0 Å². The molecule has 2 atom stereocenters. The lowest BCUT2D eigenvalue weighted by Crippen LogP contribution is -2.69. The van der Waals surface area contributed by atoms with Crippen LogP contribution in [0.25, 0.3) is 0 Å². The van der Waals surface area contributed by atoms with Crippen LogP contribution >= 0.6 is 0 Å². The summed E-state index contributed by atoms with van der Waals surface area (Å²) in [5.41, 5.74) is -9.80. The average molecular weight is 502 g/mol. The Hall–Kier alpha value is -3.03. The van der Waals surface area contributed by atoms with Crippen molar-refractivity contribution in [2.75, 3.05) is 18.5 Å². The number of ether oxygens (including phenoxy) is 2. The van der Waals surface area contributed by atoms with E-state index in [0.29, 0.717) is 18.2 Å². The number of nitrogens with one attached hydrogen (secondary N) is 2. The highest BCUT2D eigenvalue weighted by Gasteiger charge is 2.64. The number of aliphatic hydroxyl groups is 1. The Labute approximate surface area is 190 Å². The molecule has 192 valence electrons. The average Bonchev–Trinajstić information content (AvgIpc) is 2.72. The minimum absolute atomic E-state index is 0.340. The van der Waals surface area contributed by atoms with E-state index in [0.717, 1.165) is 6.92 Å². The molecule has 0 unspecified atom stereocenters. The van der Waals surface area contributed by atoms with Crippen LogP contribution in [0.5, 0.6) is 0 Å². The van der Waals surface area contributed by atoms with Crippen LogP contribution in [-0.4, -0.2) is 54.2 Å². The van der Waals surface area contributed by atoms with Crippen molar-refractivity contribution in [3.05, 3.63) is 29.3 Å². The third-order valence-corrected chi connectivity index (χ3v) is 4.60. The van der Waals surface area contributed by atoms with E-state index in [9.17, 15) is 45.8 Å². The lowest BCUT2D eigenvalue weighted by Gasteiger charge is -2.36. The second-order valence-electron chi connectivity index (χ2n) is 6.95. The van der Waals surface area contributed by atoms with Gasteiger partial charge in [0.15, 0.2) is 0 Å². The number of benzene rings is 1. The molecule has 8 nitrogen and oxygen atoms in total. The molecule has 14 heteroatoms. The maximum absolute atomic E-state index is 14.1. The van der Waals surface area contributed by atoms with Crippen LogP contribution in [0.1, 0.15) is 38.3 Å². The molecule has 0 radical (unpaired) electrons. The van der Waals surface area contributed by atoms with Crippen LogP contribution in [0.2, 0.25) is 0 Å². The molecule has 0 aliphatic heterocycles. The van der Waals surface area contributed by atoms with Gasteiger partial charge in [-0.05, 0) is 32.4 Å². The SMILES string of the molecule is CCOC(=O)[C@](NC(=O)CC)(Nc1ccc([C@@](O)(C(=O)OCC)C(F)(F)F)cc1C)C(F)(F)F. The van der Waals surface area contributed by atoms with Gasteiger partial charge in [-0.2, -0.15) is 26.3 Å². The number of rotatable bonds is 9. The molecule has 0 fully saturated rings. The van der Waals surface area contributed by atoms with E-state index in [4.69, 9.17) is 0 Å². The molecule has 0 saturated carbocycles. The maximum Gasteiger partial charge on any atom is 0.441 e. The zero-order valence-electron chi connectivity index (χ0n) is 18.6. The van der Waals surface area contributed by atoms with Gasteiger partial charge in [-0.1, -0.05) is 19.1 Å². The second-order valence-corrected chi connectivity index (χ2v) is 6.95. The molecular formula is C20H24F6N2O6. The second kappa shape index (κ2) is 10.5. The Morgan fingerprint density at radius 2 is 1.44 bits per heavy atom. The van der Waals surface area contributed by atoms with E-state index in [1.165, 1.54) is 26.1 Å². The summed E-state index contributed by atoms with van der Waals surface area (Å²) in [6.45, 7) is 3.77. The van der Waals surface area contributed by atoms with Crippen LogP contribution in [-0.2, 0) is 29.5 Å². The number of amides is 1. The van der Waals surface area contributed by atoms with E-state index in [-0.39, 0.29) is 5.56 Å². The monoisotopic (exact) mass is 502 g/mol. The predicted octanol–water partition coefficient (Wildman–Crippen LogP) is 3.07. The van der Waals surface area contributed by atoms with Gasteiger partial charge in [0.1, 0.15) is 0 Å². The fourth-order valence-electron chi connectivity index (χ4n) is 2.79. The molecule has 1 aromatic rings. The molecule has 0 bridgehead atoms. The van der Waals surface area contributed by atoms with Gasteiger partial charge in [0.05, 0.1) is 13.2 Å². The summed E-state index contributed by atoms with van der Waals surface area (Å²) in [5.74, 6) is -5.12. The largest absolute Gasteiger partial charge is 0.463 e. The van der Waals surface area contributed by atoms with Gasteiger partial charge in [-0.3, -0.25) is 4.79 Å². The number of alkyl halides is 6. The van der Waals surface area contributed by atoms with Gasteiger partial charge in [0, 0.05) is 17.7 Å². The molecule has 0 saturated heterocycles. The number of hydrogen-bond acceptors (Lipinski definition) is 7. The van der Waals surface area contributed by atoms with Crippen molar-refractivity contribution < 1.29 is 55.3 Å². The first kappa shape index (κ1) is 29.0. The van der Waals surface area contributed by atoms with Gasteiger partial charge in [0.2, 0.25) is 5.91 Å². The summed E-state index contributed by atoms with van der Waals surface area (Å²) < 4.78 is 91.7.